The fourth-order valence-electron chi connectivity index (χ4n) is 5.64. The van der Waals surface area contributed by atoms with E-state index in [-0.39, 0.29) is 17.9 Å². The van der Waals surface area contributed by atoms with E-state index in [1.54, 1.807) is 24.2 Å². The van der Waals surface area contributed by atoms with Gasteiger partial charge >= 0.3 is 0 Å². The lowest BCUT2D eigenvalue weighted by Gasteiger charge is -2.38. The number of methoxy groups -OCH3 is 1. The third-order valence-corrected chi connectivity index (χ3v) is 8.06. The SMILES string of the molecule is COC1(C(=O)N[C@@H](C)c2ccc(-c3cn(C)nn3)nc2)CCC(c2nc(Nc3cc(C)[nH]n3)cc3cccnc23)CC1. The van der Waals surface area contributed by atoms with Gasteiger partial charge in [0.1, 0.15) is 17.1 Å². The van der Waals surface area contributed by atoms with Gasteiger partial charge in [-0.15, -0.1) is 5.10 Å². The number of aromatic nitrogens is 8. The second-order valence-corrected chi connectivity index (χ2v) is 11.0. The van der Waals surface area contributed by atoms with E-state index >= 15 is 0 Å². The number of pyridine rings is 3. The molecule has 12 nitrogen and oxygen atoms in total. The van der Waals surface area contributed by atoms with Crippen molar-refractivity contribution in [1.29, 1.82) is 0 Å². The molecule has 42 heavy (non-hydrogen) atoms. The Morgan fingerprint density at radius 1 is 1.14 bits per heavy atom. The number of nitrogens with zero attached hydrogens (tertiary/aromatic N) is 7. The highest BCUT2D eigenvalue weighted by molar-refractivity contribution is 5.86. The van der Waals surface area contributed by atoms with Gasteiger partial charge in [0.05, 0.1) is 29.1 Å². The van der Waals surface area contributed by atoms with Crippen molar-refractivity contribution in [2.75, 3.05) is 12.4 Å². The summed E-state index contributed by atoms with van der Waals surface area (Å²) in [5, 5.41) is 22.8. The van der Waals surface area contributed by atoms with E-state index in [1.165, 1.54) is 0 Å². The van der Waals surface area contributed by atoms with Gasteiger partial charge < -0.3 is 15.4 Å². The van der Waals surface area contributed by atoms with Gasteiger partial charge in [0, 0.05) is 49.6 Å². The molecule has 5 heterocycles. The number of carbonyl (C=O) groups is 1. The number of aromatic amines is 1. The molecule has 0 aliphatic heterocycles. The van der Waals surface area contributed by atoms with Gasteiger partial charge in [0.25, 0.3) is 5.91 Å². The standard InChI is InChI=1S/C30H34N10O2/c1-18-14-26(38-36-18)34-25-15-21-6-5-13-31-27(21)28(35-25)20-9-11-30(42-4,12-10-20)29(41)33-19(2)22-7-8-23(32-16-22)24-17-40(3)39-37-24/h5-8,13-17,19-20H,9-12H2,1-4H3,(H,33,41)(H2,34,35,36,38)/t19-,20?,30?/m0/s1. The molecule has 6 rings (SSSR count). The Hall–Kier alpha value is -4.71. The normalized spacial score (nSPS) is 19.5. The molecule has 0 spiro atoms. The van der Waals surface area contributed by atoms with Gasteiger partial charge in [-0.1, -0.05) is 17.3 Å². The first kappa shape index (κ1) is 27.5. The predicted octanol–water partition coefficient (Wildman–Crippen LogP) is 4.52. The molecule has 0 saturated heterocycles. The Balaban J connectivity index is 1.16. The van der Waals surface area contributed by atoms with E-state index in [1.807, 2.05) is 63.5 Å². The summed E-state index contributed by atoms with van der Waals surface area (Å²) >= 11 is 0. The van der Waals surface area contributed by atoms with Crippen LogP contribution in [0.15, 0.2) is 55.0 Å². The van der Waals surface area contributed by atoms with Crippen molar-refractivity contribution in [3.8, 4) is 11.4 Å². The summed E-state index contributed by atoms with van der Waals surface area (Å²) in [7, 11) is 3.43. The maximum absolute atomic E-state index is 13.6. The molecule has 1 amide bonds. The van der Waals surface area contributed by atoms with Gasteiger partial charge in [0.2, 0.25) is 0 Å². The number of rotatable bonds is 8. The van der Waals surface area contributed by atoms with Crippen LogP contribution in [0.2, 0.25) is 0 Å². The number of amides is 1. The van der Waals surface area contributed by atoms with Gasteiger partial charge in [-0.2, -0.15) is 5.10 Å². The first-order valence-corrected chi connectivity index (χ1v) is 14.1. The number of hydrogen-bond acceptors (Lipinski definition) is 9. The number of anilines is 2. The van der Waals surface area contributed by atoms with Crippen LogP contribution < -0.4 is 10.6 Å². The molecule has 216 valence electrons. The Labute approximate surface area is 243 Å². The van der Waals surface area contributed by atoms with Crippen LogP contribution in [0.1, 0.15) is 61.5 Å². The molecule has 1 aliphatic rings. The first-order chi connectivity index (χ1) is 20.3. The summed E-state index contributed by atoms with van der Waals surface area (Å²) < 4.78 is 7.56. The van der Waals surface area contributed by atoms with Crippen LogP contribution in [0, 0.1) is 6.92 Å². The average molecular weight is 567 g/mol. The maximum atomic E-state index is 13.6. The third kappa shape index (κ3) is 5.45. The van der Waals surface area contributed by atoms with Crippen LogP contribution >= 0.6 is 0 Å². The molecular formula is C30H34N10O2. The Morgan fingerprint density at radius 3 is 2.64 bits per heavy atom. The topological polar surface area (TPSA) is 148 Å². The Morgan fingerprint density at radius 2 is 1.98 bits per heavy atom. The van der Waals surface area contributed by atoms with Gasteiger partial charge in [-0.05, 0) is 63.3 Å². The minimum Gasteiger partial charge on any atom is -0.368 e. The molecule has 1 saturated carbocycles. The van der Waals surface area contributed by atoms with Crippen LogP contribution in [0.25, 0.3) is 22.3 Å². The number of nitrogens with one attached hydrogen (secondary N) is 3. The zero-order chi connectivity index (χ0) is 29.3. The van der Waals surface area contributed by atoms with Crippen LogP contribution in [0.4, 0.5) is 11.6 Å². The molecule has 0 unspecified atom stereocenters. The number of hydrogen-bond donors (Lipinski definition) is 3. The van der Waals surface area contributed by atoms with Crippen molar-refractivity contribution in [1.82, 2.24) is 45.5 Å². The number of carbonyl (C=O) groups excluding carboxylic acids is 1. The van der Waals surface area contributed by atoms with E-state index < -0.39 is 5.60 Å². The molecule has 5 aromatic rings. The van der Waals surface area contributed by atoms with Crippen molar-refractivity contribution in [2.45, 2.75) is 57.1 Å². The van der Waals surface area contributed by atoms with E-state index in [2.05, 4.69) is 41.1 Å². The van der Waals surface area contributed by atoms with Crippen molar-refractivity contribution < 1.29 is 9.53 Å². The van der Waals surface area contributed by atoms with Crippen LogP contribution in [-0.2, 0) is 16.6 Å². The van der Waals surface area contributed by atoms with Crippen molar-refractivity contribution >= 4 is 28.4 Å². The van der Waals surface area contributed by atoms with E-state index in [9.17, 15) is 4.79 Å². The Kier molecular flexibility index (Phi) is 7.38. The summed E-state index contributed by atoms with van der Waals surface area (Å²) in [5.41, 5.74) is 4.18. The molecule has 1 fully saturated rings. The second-order valence-electron chi connectivity index (χ2n) is 11.0. The first-order valence-electron chi connectivity index (χ1n) is 14.1. The number of aryl methyl sites for hydroxylation is 2. The molecular weight excluding hydrogens is 532 g/mol. The lowest BCUT2D eigenvalue weighted by atomic mass is 9.76. The summed E-state index contributed by atoms with van der Waals surface area (Å²) in [6, 6.07) is 11.5. The van der Waals surface area contributed by atoms with E-state index in [4.69, 9.17) is 9.72 Å². The molecule has 0 radical (unpaired) electrons. The summed E-state index contributed by atoms with van der Waals surface area (Å²) in [5.74, 6) is 1.44. The maximum Gasteiger partial charge on any atom is 0.252 e. The average Bonchev–Trinajstić information content (AvgIpc) is 3.64. The van der Waals surface area contributed by atoms with E-state index in [0.717, 1.165) is 46.4 Å². The lowest BCUT2D eigenvalue weighted by Crippen LogP contribution is -2.50. The fourth-order valence-corrected chi connectivity index (χ4v) is 5.64. The van der Waals surface area contributed by atoms with Crippen LogP contribution in [0.5, 0.6) is 0 Å². The van der Waals surface area contributed by atoms with Gasteiger partial charge in [0.15, 0.2) is 5.82 Å². The minimum atomic E-state index is -0.913. The third-order valence-electron chi connectivity index (χ3n) is 8.06. The highest BCUT2D eigenvalue weighted by Crippen LogP contribution is 2.42. The van der Waals surface area contributed by atoms with Crippen molar-refractivity contribution in [3.63, 3.8) is 0 Å². The van der Waals surface area contributed by atoms with Gasteiger partial charge in [-0.3, -0.25) is 24.5 Å². The van der Waals surface area contributed by atoms with Crippen molar-refractivity contribution in [2.24, 2.45) is 7.05 Å². The number of fused-ring (bicyclic) bond motifs is 1. The number of ether oxygens (including phenoxy) is 1. The summed E-state index contributed by atoms with van der Waals surface area (Å²) in [6.07, 6.45) is 8.00. The molecule has 12 heteroatoms. The molecule has 1 aliphatic carbocycles. The number of H-pyrrole nitrogens is 1. The van der Waals surface area contributed by atoms with E-state index in [0.29, 0.717) is 30.2 Å². The molecule has 0 aromatic carbocycles. The second kappa shape index (κ2) is 11.3. The summed E-state index contributed by atoms with van der Waals surface area (Å²) in [4.78, 5) is 27.8. The lowest BCUT2D eigenvalue weighted by molar-refractivity contribution is -0.148. The summed E-state index contributed by atoms with van der Waals surface area (Å²) in [6.45, 7) is 3.91. The van der Waals surface area contributed by atoms with Gasteiger partial charge in [-0.25, -0.2) is 4.98 Å². The molecule has 5 aromatic heterocycles. The Bertz CT molecular complexity index is 1700. The monoisotopic (exact) mass is 566 g/mol. The fraction of sp³-hybridized carbons (Fsp3) is 0.367. The van der Waals surface area contributed by atoms with Crippen LogP contribution in [0.3, 0.4) is 0 Å². The zero-order valence-corrected chi connectivity index (χ0v) is 24.1. The predicted molar refractivity (Wildman–Crippen MR) is 158 cm³/mol. The molecule has 3 N–H and O–H groups in total. The smallest absolute Gasteiger partial charge is 0.252 e. The minimum absolute atomic E-state index is 0.116. The largest absolute Gasteiger partial charge is 0.368 e. The zero-order valence-electron chi connectivity index (χ0n) is 24.1. The highest BCUT2D eigenvalue weighted by atomic mass is 16.5. The quantitative estimate of drug-likeness (QED) is 0.247. The van der Waals surface area contributed by atoms with Crippen LogP contribution in [-0.4, -0.2) is 58.8 Å². The highest BCUT2D eigenvalue weighted by Gasteiger charge is 2.43. The van der Waals surface area contributed by atoms with Crippen molar-refractivity contribution in [3.05, 3.63) is 71.9 Å². The molecule has 0 bridgehead atoms. The molecule has 1 atom stereocenters.